The number of allylic oxidation sites excluding steroid dienone is 1. The van der Waals surface area contributed by atoms with Crippen LogP contribution in [0.3, 0.4) is 0 Å². The summed E-state index contributed by atoms with van der Waals surface area (Å²) < 4.78 is 0. The number of aliphatic hydroxyl groups is 1. The molecule has 0 atom stereocenters. The Morgan fingerprint density at radius 3 is 2.77 bits per heavy atom. The van der Waals surface area contributed by atoms with Gasteiger partial charge in [-0.25, -0.2) is 0 Å². The van der Waals surface area contributed by atoms with Gasteiger partial charge in [-0.15, -0.1) is 0 Å². The summed E-state index contributed by atoms with van der Waals surface area (Å²) >= 11 is 0. The summed E-state index contributed by atoms with van der Waals surface area (Å²) in [7, 11) is 0. The number of fused-ring (bicyclic) bond motifs is 1. The number of unbranched alkanes of at least 4 members (excludes halogenated alkanes) is 2. The van der Waals surface area contributed by atoms with Crippen LogP contribution in [0.25, 0.3) is 5.57 Å². The quantitative estimate of drug-likeness (QED) is 0.302. The molecule has 0 saturated carbocycles. The highest BCUT2D eigenvalue weighted by Gasteiger charge is 2.23. The van der Waals surface area contributed by atoms with E-state index in [4.69, 9.17) is 5.73 Å². The van der Waals surface area contributed by atoms with Crippen molar-refractivity contribution >= 4 is 23.4 Å². The summed E-state index contributed by atoms with van der Waals surface area (Å²) in [6, 6.07) is 5.76. The third-order valence-electron chi connectivity index (χ3n) is 4.18. The standard InChI is InChI=1S/C20H31N5O/c1-5-6-7-10-22-19(21)25(20(2,3)4)24-13-16-12-23-18-9-8-15(14-26)11-17(16)18/h8-9,11-13,24,26H,5-7,10,14H2,1-4H3,(H2,21,22)/b16-13+. The van der Waals surface area contributed by atoms with Gasteiger partial charge in [-0.3, -0.25) is 15.0 Å². The van der Waals surface area contributed by atoms with Crippen molar-refractivity contribution in [3.05, 3.63) is 35.5 Å². The summed E-state index contributed by atoms with van der Waals surface area (Å²) in [4.78, 5) is 8.92. The molecule has 6 nitrogen and oxygen atoms in total. The van der Waals surface area contributed by atoms with Gasteiger partial charge in [-0.2, -0.15) is 0 Å². The van der Waals surface area contributed by atoms with Crippen LogP contribution in [0.5, 0.6) is 0 Å². The van der Waals surface area contributed by atoms with Crippen LogP contribution in [-0.2, 0) is 6.61 Å². The van der Waals surface area contributed by atoms with Crippen LogP contribution < -0.4 is 11.2 Å². The summed E-state index contributed by atoms with van der Waals surface area (Å²) in [5, 5.41) is 11.2. The van der Waals surface area contributed by atoms with Crippen LogP contribution in [0, 0.1) is 0 Å². The molecule has 4 N–H and O–H groups in total. The summed E-state index contributed by atoms with van der Waals surface area (Å²) in [6.45, 7) is 9.15. The van der Waals surface area contributed by atoms with Gasteiger partial charge in [-0.05, 0) is 44.9 Å². The van der Waals surface area contributed by atoms with Crippen molar-refractivity contribution in [2.75, 3.05) is 6.54 Å². The molecule has 1 aliphatic rings. The average molecular weight is 358 g/mol. The lowest BCUT2D eigenvalue weighted by atomic mass is 10.1. The first-order valence-electron chi connectivity index (χ1n) is 9.21. The molecule has 142 valence electrons. The zero-order valence-electron chi connectivity index (χ0n) is 16.3. The molecule has 1 aromatic rings. The van der Waals surface area contributed by atoms with E-state index in [9.17, 15) is 5.11 Å². The Morgan fingerprint density at radius 2 is 2.12 bits per heavy atom. The van der Waals surface area contributed by atoms with Gasteiger partial charge >= 0.3 is 0 Å². The molecule has 0 amide bonds. The van der Waals surface area contributed by atoms with E-state index >= 15 is 0 Å². The van der Waals surface area contributed by atoms with Gasteiger partial charge in [0.1, 0.15) is 0 Å². The van der Waals surface area contributed by atoms with Crippen molar-refractivity contribution in [3.8, 4) is 0 Å². The number of nitrogens with zero attached hydrogens (tertiary/aromatic N) is 3. The van der Waals surface area contributed by atoms with E-state index in [0.29, 0.717) is 5.96 Å². The molecule has 0 saturated heterocycles. The second-order valence-corrected chi connectivity index (χ2v) is 7.45. The number of nitrogens with two attached hydrogens (primary N) is 1. The highest BCUT2D eigenvalue weighted by Crippen LogP contribution is 2.32. The van der Waals surface area contributed by atoms with Crippen molar-refractivity contribution in [1.82, 2.24) is 10.4 Å². The number of rotatable bonds is 7. The second kappa shape index (κ2) is 8.85. The Kier molecular flexibility index (Phi) is 6.80. The maximum atomic E-state index is 9.36. The summed E-state index contributed by atoms with van der Waals surface area (Å²) in [5.41, 5.74) is 13.0. The molecule has 0 fully saturated rings. The molecule has 6 heteroatoms. The van der Waals surface area contributed by atoms with E-state index in [1.54, 1.807) is 0 Å². The molecule has 2 rings (SSSR count). The van der Waals surface area contributed by atoms with Crippen LogP contribution in [0.15, 0.2) is 34.4 Å². The fourth-order valence-corrected chi connectivity index (χ4v) is 2.71. The van der Waals surface area contributed by atoms with Crippen molar-refractivity contribution in [3.63, 3.8) is 0 Å². The van der Waals surface area contributed by atoms with Crippen molar-refractivity contribution in [2.24, 2.45) is 15.7 Å². The third-order valence-corrected chi connectivity index (χ3v) is 4.18. The molecule has 0 radical (unpaired) electrons. The molecule has 0 unspecified atom stereocenters. The maximum Gasteiger partial charge on any atom is 0.210 e. The zero-order chi connectivity index (χ0) is 19.2. The Morgan fingerprint density at radius 1 is 1.35 bits per heavy atom. The Labute approximate surface area is 156 Å². The predicted octanol–water partition coefficient (Wildman–Crippen LogP) is 3.35. The number of nitrogens with one attached hydrogen (secondary N) is 1. The average Bonchev–Trinajstić information content (AvgIpc) is 3.00. The molecule has 0 aromatic heterocycles. The van der Waals surface area contributed by atoms with E-state index in [1.807, 2.05) is 35.6 Å². The minimum atomic E-state index is -0.235. The number of hydrogen-bond acceptors (Lipinski definition) is 4. The Balaban J connectivity index is 2.16. The summed E-state index contributed by atoms with van der Waals surface area (Å²) in [6.07, 6.45) is 7.06. The highest BCUT2D eigenvalue weighted by molar-refractivity contribution is 6.16. The van der Waals surface area contributed by atoms with Crippen LogP contribution in [-0.4, -0.2) is 34.4 Å². The Bertz CT molecular complexity index is 701. The second-order valence-electron chi connectivity index (χ2n) is 7.45. The van der Waals surface area contributed by atoms with E-state index < -0.39 is 0 Å². The van der Waals surface area contributed by atoms with Crippen LogP contribution in [0.4, 0.5) is 5.69 Å². The van der Waals surface area contributed by atoms with E-state index in [2.05, 4.69) is 43.1 Å². The molecule has 26 heavy (non-hydrogen) atoms. The molecule has 1 heterocycles. The van der Waals surface area contributed by atoms with Crippen LogP contribution in [0.2, 0.25) is 0 Å². The smallest absolute Gasteiger partial charge is 0.210 e. The van der Waals surface area contributed by atoms with E-state index in [0.717, 1.165) is 48.2 Å². The van der Waals surface area contributed by atoms with Gasteiger partial charge in [0.15, 0.2) is 0 Å². The van der Waals surface area contributed by atoms with Gasteiger partial charge < -0.3 is 16.3 Å². The lowest BCUT2D eigenvalue weighted by Crippen LogP contribution is -2.55. The number of benzene rings is 1. The number of hydrogen-bond donors (Lipinski definition) is 3. The van der Waals surface area contributed by atoms with E-state index in [1.165, 1.54) is 0 Å². The molecule has 0 aliphatic carbocycles. The topological polar surface area (TPSA) is 86.2 Å². The van der Waals surface area contributed by atoms with Crippen LogP contribution in [0.1, 0.15) is 58.1 Å². The maximum absolute atomic E-state index is 9.36. The lowest BCUT2D eigenvalue weighted by molar-refractivity contribution is 0.191. The van der Waals surface area contributed by atoms with Crippen LogP contribution >= 0.6 is 0 Å². The first-order valence-corrected chi connectivity index (χ1v) is 9.21. The summed E-state index contributed by atoms with van der Waals surface area (Å²) in [5.74, 6) is 0.477. The van der Waals surface area contributed by atoms with Gasteiger partial charge in [0.25, 0.3) is 0 Å². The predicted molar refractivity (Wildman–Crippen MR) is 109 cm³/mol. The third kappa shape index (κ3) is 5.08. The fourth-order valence-electron chi connectivity index (χ4n) is 2.71. The van der Waals surface area contributed by atoms with Gasteiger partial charge in [0.2, 0.25) is 5.96 Å². The minimum Gasteiger partial charge on any atom is -0.392 e. The molecule has 1 aliphatic heterocycles. The minimum absolute atomic E-state index is 0.0134. The monoisotopic (exact) mass is 357 g/mol. The molecule has 0 bridgehead atoms. The molecule has 1 aromatic carbocycles. The van der Waals surface area contributed by atoms with E-state index in [-0.39, 0.29) is 12.1 Å². The molecular formula is C20H31N5O. The first kappa shape index (κ1) is 20.0. The van der Waals surface area contributed by atoms with Gasteiger partial charge in [-0.1, -0.05) is 25.8 Å². The normalized spacial score (nSPS) is 15.4. The molecule has 0 spiro atoms. The van der Waals surface area contributed by atoms with Crippen molar-refractivity contribution in [2.45, 2.75) is 59.1 Å². The first-order chi connectivity index (χ1) is 12.4. The fraction of sp³-hybridized carbons (Fsp3) is 0.500. The number of aliphatic imine (C=N–C) groups is 2. The zero-order valence-corrected chi connectivity index (χ0v) is 16.3. The SMILES string of the molecule is CCCCC/N=C(\N)N(N/C=C1\C=Nc2ccc(CO)cc21)C(C)(C)C. The lowest BCUT2D eigenvalue weighted by Gasteiger charge is -2.36. The number of guanidine groups is 1. The van der Waals surface area contributed by atoms with Gasteiger partial charge in [0, 0.05) is 30.1 Å². The number of aliphatic hydroxyl groups excluding tert-OH is 1. The largest absolute Gasteiger partial charge is 0.392 e. The Hall–Kier alpha value is -2.34. The number of hydrazine groups is 1. The highest BCUT2D eigenvalue weighted by atomic mass is 16.3. The van der Waals surface area contributed by atoms with Crippen molar-refractivity contribution in [1.29, 1.82) is 0 Å². The van der Waals surface area contributed by atoms with Gasteiger partial charge in [0.05, 0.1) is 17.8 Å². The van der Waals surface area contributed by atoms with Crippen molar-refractivity contribution < 1.29 is 5.11 Å². The molecular weight excluding hydrogens is 326 g/mol.